The monoisotopic (exact) mass is 260 g/mol. The van der Waals surface area contributed by atoms with E-state index in [1.165, 1.54) is 18.2 Å². The van der Waals surface area contributed by atoms with E-state index in [1.807, 2.05) is 13.1 Å². The smallest absolute Gasteiger partial charge is 0.170 e. The van der Waals surface area contributed by atoms with Gasteiger partial charge in [-0.1, -0.05) is 0 Å². The van der Waals surface area contributed by atoms with Gasteiger partial charge in [0.15, 0.2) is 5.78 Å². The predicted octanol–water partition coefficient (Wildman–Crippen LogP) is 2.75. The zero-order chi connectivity index (χ0) is 13.4. The van der Waals surface area contributed by atoms with Gasteiger partial charge < -0.3 is 4.74 Å². The Morgan fingerprint density at radius 3 is 3.11 bits per heavy atom. The maximum atomic E-state index is 13.1. The number of fused-ring (bicyclic) bond motifs is 1. The van der Waals surface area contributed by atoms with Crippen molar-refractivity contribution in [2.45, 2.75) is 26.0 Å². The van der Waals surface area contributed by atoms with E-state index in [9.17, 15) is 9.18 Å². The van der Waals surface area contributed by atoms with Crippen LogP contribution in [-0.4, -0.2) is 15.6 Å². The molecule has 0 saturated heterocycles. The van der Waals surface area contributed by atoms with E-state index in [-0.39, 0.29) is 18.3 Å². The summed E-state index contributed by atoms with van der Waals surface area (Å²) in [7, 11) is 0. The fourth-order valence-electron chi connectivity index (χ4n) is 2.20. The SMILES string of the molecule is CCn1cc(C2CC(=O)c3cc(F)ccc3O2)cn1. The van der Waals surface area contributed by atoms with Crippen LogP contribution < -0.4 is 4.74 Å². The van der Waals surface area contributed by atoms with Crippen molar-refractivity contribution < 1.29 is 13.9 Å². The van der Waals surface area contributed by atoms with Gasteiger partial charge in [0.05, 0.1) is 18.2 Å². The van der Waals surface area contributed by atoms with Crippen molar-refractivity contribution >= 4 is 5.78 Å². The molecule has 4 nitrogen and oxygen atoms in total. The van der Waals surface area contributed by atoms with Crippen LogP contribution in [0.4, 0.5) is 4.39 Å². The average molecular weight is 260 g/mol. The Morgan fingerprint density at radius 2 is 2.37 bits per heavy atom. The summed E-state index contributed by atoms with van der Waals surface area (Å²) in [6, 6.07) is 4.02. The summed E-state index contributed by atoms with van der Waals surface area (Å²) in [4.78, 5) is 12.0. The molecule has 0 radical (unpaired) electrons. The molecule has 0 aliphatic carbocycles. The second kappa shape index (κ2) is 4.50. The highest BCUT2D eigenvalue weighted by Crippen LogP contribution is 2.34. The fraction of sp³-hybridized carbons (Fsp3) is 0.286. The van der Waals surface area contributed by atoms with Crippen LogP contribution in [0, 0.1) is 5.82 Å². The molecule has 0 N–H and O–H groups in total. The summed E-state index contributed by atoms with van der Waals surface area (Å²) < 4.78 is 20.7. The van der Waals surface area contributed by atoms with Gasteiger partial charge in [-0.15, -0.1) is 0 Å². The molecule has 98 valence electrons. The van der Waals surface area contributed by atoms with Gasteiger partial charge in [0.2, 0.25) is 0 Å². The van der Waals surface area contributed by atoms with E-state index < -0.39 is 5.82 Å². The predicted molar refractivity (Wildman–Crippen MR) is 66.6 cm³/mol. The molecule has 3 rings (SSSR count). The van der Waals surface area contributed by atoms with Crippen molar-refractivity contribution in [3.8, 4) is 5.75 Å². The Bertz CT molecular complexity index is 636. The molecule has 0 saturated carbocycles. The molecular formula is C14H13FN2O2. The maximum Gasteiger partial charge on any atom is 0.170 e. The van der Waals surface area contributed by atoms with Crippen LogP contribution in [0.1, 0.15) is 35.4 Å². The maximum absolute atomic E-state index is 13.1. The van der Waals surface area contributed by atoms with Gasteiger partial charge in [-0.3, -0.25) is 9.48 Å². The first-order valence-corrected chi connectivity index (χ1v) is 6.19. The molecule has 1 aliphatic rings. The normalized spacial score (nSPS) is 18.0. The topological polar surface area (TPSA) is 44.1 Å². The number of aryl methyl sites for hydroxylation is 1. The van der Waals surface area contributed by atoms with Crippen LogP contribution in [0.2, 0.25) is 0 Å². The first kappa shape index (κ1) is 11.9. The molecule has 0 amide bonds. The number of hydrogen-bond acceptors (Lipinski definition) is 3. The van der Waals surface area contributed by atoms with Crippen molar-refractivity contribution in [3.05, 3.63) is 47.5 Å². The van der Waals surface area contributed by atoms with Crippen LogP contribution in [0.25, 0.3) is 0 Å². The highest BCUT2D eigenvalue weighted by atomic mass is 19.1. The number of rotatable bonds is 2. The van der Waals surface area contributed by atoms with Gasteiger partial charge in [0.25, 0.3) is 0 Å². The molecule has 1 aromatic carbocycles. The van der Waals surface area contributed by atoms with Crippen LogP contribution in [0.3, 0.4) is 0 Å². The second-order valence-electron chi connectivity index (χ2n) is 4.50. The Kier molecular flexibility index (Phi) is 2.81. The van der Waals surface area contributed by atoms with Crippen LogP contribution in [0.5, 0.6) is 5.75 Å². The van der Waals surface area contributed by atoms with E-state index in [0.717, 1.165) is 12.1 Å². The van der Waals surface area contributed by atoms with E-state index in [0.29, 0.717) is 11.3 Å². The van der Waals surface area contributed by atoms with Crippen LogP contribution in [0.15, 0.2) is 30.6 Å². The number of hydrogen-bond donors (Lipinski definition) is 0. The third kappa shape index (κ3) is 2.12. The lowest BCUT2D eigenvalue weighted by Crippen LogP contribution is -2.20. The fourth-order valence-corrected chi connectivity index (χ4v) is 2.20. The average Bonchev–Trinajstić information content (AvgIpc) is 2.88. The molecule has 5 heteroatoms. The van der Waals surface area contributed by atoms with Gasteiger partial charge in [0, 0.05) is 18.3 Å². The van der Waals surface area contributed by atoms with Crippen molar-refractivity contribution in [1.82, 2.24) is 9.78 Å². The Morgan fingerprint density at radius 1 is 1.53 bits per heavy atom. The number of Topliss-reactive ketones (excluding diaryl/α,β-unsaturated/α-hetero) is 1. The molecule has 1 atom stereocenters. The summed E-state index contributed by atoms with van der Waals surface area (Å²) >= 11 is 0. The van der Waals surface area contributed by atoms with E-state index in [1.54, 1.807) is 10.9 Å². The molecule has 1 aromatic heterocycles. The highest BCUT2D eigenvalue weighted by Gasteiger charge is 2.28. The minimum Gasteiger partial charge on any atom is -0.484 e. The lowest BCUT2D eigenvalue weighted by molar-refractivity contribution is 0.0849. The largest absolute Gasteiger partial charge is 0.484 e. The van der Waals surface area contributed by atoms with Crippen LogP contribution >= 0.6 is 0 Å². The van der Waals surface area contributed by atoms with Gasteiger partial charge in [-0.2, -0.15) is 5.10 Å². The van der Waals surface area contributed by atoms with Crippen molar-refractivity contribution in [2.75, 3.05) is 0 Å². The third-order valence-electron chi connectivity index (χ3n) is 3.23. The molecule has 1 aliphatic heterocycles. The second-order valence-corrected chi connectivity index (χ2v) is 4.50. The molecule has 2 heterocycles. The molecular weight excluding hydrogens is 247 g/mol. The third-order valence-corrected chi connectivity index (χ3v) is 3.23. The lowest BCUT2D eigenvalue weighted by atomic mass is 9.98. The molecule has 0 bridgehead atoms. The summed E-state index contributed by atoms with van der Waals surface area (Å²) in [6.45, 7) is 2.75. The number of benzene rings is 1. The lowest BCUT2D eigenvalue weighted by Gasteiger charge is -2.24. The first-order chi connectivity index (χ1) is 9.17. The van der Waals surface area contributed by atoms with E-state index >= 15 is 0 Å². The molecule has 1 unspecified atom stereocenters. The number of carbonyl (C=O) groups excluding carboxylic acids is 1. The first-order valence-electron chi connectivity index (χ1n) is 6.19. The summed E-state index contributed by atoms with van der Waals surface area (Å²) in [5.41, 5.74) is 1.18. The zero-order valence-electron chi connectivity index (χ0n) is 10.5. The number of nitrogens with zero attached hydrogens (tertiary/aromatic N) is 2. The summed E-state index contributed by atoms with van der Waals surface area (Å²) in [6.07, 6.45) is 3.44. The Hall–Kier alpha value is -2.17. The number of ketones is 1. The van der Waals surface area contributed by atoms with Gasteiger partial charge in [0.1, 0.15) is 17.7 Å². The molecule has 2 aromatic rings. The summed E-state index contributed by atoms with van der Waals surface area (Å²) in [5, 5.41) is 4.17. The highest BCUT2D eigenvalue weighted by molar-refractivity contribution is 6.00. The van der Waals surface area contributed by atoms with Gasteiger partial charge in [-0.25, -0.2) is 4.39 Å². The minimum atomic E-state index is -0.423. The van der Waals surface area contributed by atoms with Crippen molar-refractivity contribution in [3.63, 3.8) is 0 Å². The van der Waals surface area contributed by atoms with Gasteiger partial charge in [-0.05, 0) is 25.1 Å². The van der Waals surface area contributed by atoms with E-state index in [4.69, 9.17) is 4.74 Å². The van der Waals surface area contributed by atoms with Crippen molar-refractivity contribution in [1.29, 1.82) is 0 Å². The zero-order valence-corrected chi connectivity index (χ0v) is 10.5. The minimum absolute atomic E-state index is 0.102. The quantitative estimate of drug-likeness (QED) is 0.834. The van der Waals surface area contributed by atoms with Crippen molar-refractivity contribution in [2.24, 2.45) is 0 Å². The number of halogens is 1. The van der Waals surface area contributed by atoms with Gasteiger partial charge >= 0.3 is 0 Å². The molecule has 19 heavy (non-hydrogen) atoms. The number of carbonyl (C=O) groups is 1. The van der Waals surface area contributed by atoms with E-state index in [2.05, 4.69) is 5.10 Å². The number of aromatic nitrogens is 2. The molecule has 0 spiro atoms. The Labute approximate surface area is 109 Å². The Balaban J connectivity index is 1.92. The number of ether oxygens (including phenoxy) is 1. The molecule has 0 fully saturated rings. The van der Waals surface area contributed by atoms with Crippen LogP contribution in [-0.2, 0) is 6.54 Å². The summed E-state index contributed by atoms with van der Waals surface area (Å²) in [5.74, 6) is -0.0881. The standard InChI is InChI=1S/C14H13FN2O2/c1-2-17-8-9(7-16-17)14-6-12(18)11-5-10(15)3-4-13(11)19-14/h3-5,7-8,14H,2,6H2,1H3.